The lowest BCUT2D eigenvalue weighted by Gasteiger charge is -2.40. The van der Waals surface area contributed by atoms with Gasteiger partial charge in [-0.15, -0.1) is 0 Å². The molecule has 1 aromatic heterocycles. The molecule has 2 aromatic carbocycles. The second-order valence-electron chi connectivity index (χ2n) is 8.11. The fraction of sp³-hybridized carbons (Fsp3) is 0.320. The number of benzene rings is 2. The van der Waals surface area contributed by atoms with E-state index in [-0.39, 0.29) is 30.2 Å². The average molecular weight is 451 g/mol. The van der Waals surface area contributed by atoms with Crippen molar-refractivity contribution in [2.24, 2.45) is 0 Å². The van der Waals surface area contributed by atoms with Gasteiger partial charge in [0.2, 0.25) is 11.8 Å². The molecule has 8 heteroatoms. The Bertz CT molecular complexity index is 1100. The second kappa shape index (κ2) is 10.4. The molecule has 0 radical (unpaired) electrons. The van der Waals surface area contributed by atoms with Gasteiger partial charge in [0.25, 0.3) is 0 Å². The van der Waals surface area contributed by atoms with Gasteiger partial charge in [0.05, 0.1) is 6.61 Å². The third-order valence-electron chi connectivity index (χ3n) is 5.54. The first-order valence-electron chi connectivity index (χ1n) is 10.9. The van der Waals surface area contributed by atoms with E-state index in [9.17, 15) is 9.18 Å². The molecule has 1 aliphatic heterocycles. The van der Waals surface area contributed by atoms with Crippen LogP contribution in [0.4, 0.5) is 10.2 Å². The summed E-state index contributed by atoms with van der Waals surface area (Å²) in [6, 6.07) is 16.1. The van der Waals surface area contributed by atoms with Crippen molar-refractivity contribution < 1.29 is 18.7 Å². The number of amides is 1. The summed E-state index contributed by atoms with van der Waals surface area (Å²) in [6.45, 7) is 6.11. The van der Waals surface area contributed by atoms with Gasteiger partial charge in [0.1, 0.15) is 18.8 Å². The first kappa shape index (κ1) is 22.7. The Morgan fingerprint density at radius 2 is 1.94 bits per heavy atom. The molecule has 1 aliphatic rings. The molecule has 2 heterocycles. The van der Waals surface area contributed by atoms with Crippen molar-refractivity contribution in [2.75, 3.05) is 31.1 Å². The number of rotatable bonds is 7. The molecule has 0 spiro atoms. The van der Waals surface area contributed by atoms with Crippen molar-refractivity contribution in [1.82, 2.24) is 14.9 Å². The predicted molar refractivity (Wildman–Crippen MR) is 123 cm³/mol. The fourth-order valence-corrected chi connectivity index (χ4v) is 3.81. The van der Waals surface area contributed by atoms with E-state index in [2.05, 4.69) is 14.9 Å². The van der Waals surface area contributed by atoms with Crippen LogP contribution in [0.3, 0.4) is 0 Å². The zero-order chi connectivity index (χ0) is 23.2. The minimum Gasteiger partial charge on any atom is -0.436 e. The number of carbonyl (C=O) groups excluding carboxylic acids is 1. The van der Waals surface area contributed by atoms with E-state index in [0.29, 0.717) is 32.1 Å². The molecule has 1 atom stereocenters. The van der Waals surface area contributed by atoms with E-state index >= 15 is 0 Å². The molecule has 0 unspecified atom stereocenters. The number of anilines is 1. The molecule has 172 valence electrons. The van der Waals surface area contributed by atoms with Crippen LogP contribution in [-0.4, -0.2) is 53.1 Å². The van der Waals surface area contributed by atoms with Crippen molar-refractivity contribution in [3.05, 3.63) is 77.9 Å². The van der Waals surface area contributed by atoms with Crippen molar-refractivity contribution in [1.29, 1.82) is 0 Å². The second-order valence-corrected chi connectivity index (χ2v) is 8.11. The van der Waals surface area contributed by atoms with Crippen molar-refractivity contribution in [3.8, 4) is 11.6 Å². The van der Waals surface area contributed by atoms with E-state index in [1.807, 2.05) is 49.1 Å². The van der Waals surface area contributed by atoms with Gasteiger partial charge in [0, 0.05) is 31.7 Å². The zero-order valence-corrected chi connectivity index (χ0v) is 18.8. The number of carbonyl (C=O) groups is 1. The molecular weight excluding hydrogens is 423 g/mol. The Hall–Kier alpha value is -3.52. The molecule has 0 bridgehead atoms. The smallest absolute Gasteiger partial charge is 0.248 e. The Balaban J connectivity index is 1.33. The summed E-state index contributed by atoms with van der Waals surface area (Å²) >= 11 is 0. The summed E-state index contributed by atoms with van der Waals surface area (Å²) < 4.78 is 25.3. The largest absolute Gasteiger partial charge is 0.436 e. The van der Waals surface area contributed by atoms with E-state index in [1.54, 1.807) is 18.2 Å². The van der Waals surface area contributed by atoms with Gasteiger partial charge in [-0.3, -0.25) is 4.79 Å². The van der Waals surface area contributed by atoms with Crippen LogP contribution in [0.5, 0.6) is 11.6 Å². The minimum atomic E-state index is -0.448. The maximum atomic E-state index is 14.0. The van der Waals surface area contributed by atoms with Crippen LogP contribution < -0.4 is 9.64 Å². The predicted octanol–water partition coefficient (Wildman–Crippen LogP) is 3.97. The van der Waals surface area contributed by atoms with E-state index in [0.717, 1.165) is 11.1 Å². The number of nitrogens with zero attached hydrogens (tertiary/aromatic N) is 4. The molecule has 0 aliphatic carbocycles. The third-order valence-corrected chi connectivity index (χ3v) is 5.54. The Morgan fingerprint density at radius 3 is 2.73 bits per heavy atom. The van der Waals surface area contributed by atoms with Crippen molar-refractivity contribution >= 4 is 11.7 Å². The first-order valence-corrected chi connectivity index (χ1v) is 10.9. The molecular formula is C25H27FN4O3. The number of aromatic nitrogens is 2. The number of ether oxygens (including phenoxy) is 2. The number of halogens is 1. The lowest BCUT2D eigenvalue weighted by molar-refractivity contribution is -0.139. The number of piperazine rings is 1. The Kier molecular flexibility index (Phi) is 7.14. The summed E-state index contributed by atoms with van der Waals surface area (Å²) in [5, 5.41) is 0. The molecule has 33 heavy (non-hydrogen) atoms. The van der Waals surface area contributed by atoms with E-state index < -0.39 is 5.82 Å². The summed E-state index contributed by atoms with van der Waals surface area (Å²) in [4.78, 5) is 25.0. The lowest BCUT2D eigenvalue weighted by atomic mass is 10.2. The van der Waals surface area contributed by atoms with Crippen LogP contribution in [0.1, 0.15) is 18.1 Å². The molecule has 7 nitrogen and oxygen atoms in total. The summed E-state index contributed by atoms with van der Waals surface area (Å²) in [5.41, 5.74) is 1.93. The van der Waals surface area contributed by atoms with Gasteiger partial charge in [-0.2, -0.15) is 0 Å². The van der Waals surface area contributed by atoms with Gasteiger partial charge in [-0.1, -0.05) is 36.4 Å². The Morgan fingerprint density at radius 1 is 1.12 bits per heavy atom. The topological polar surface area (TPSA) is 67.8 Å². The minimum absolute atomic E-state index is 0.0138. The highest BCUT2D eigenvalue weighted by atomic mass is 19.1. The van der Waals surface area contributed by atoms with Gasteiger partial charge in [-0.25, -0.2) is 14.4 Å². The summed E-state index contributed by atoms with van der Waals surface area (Å²) in [7, 11) is 0. The fourth-order valence-electron chi connectivity index (χ4n) is 3.81. The third kappa shape index (κ3) is 5.84. The number of hydrogen-bond acceptors (Lipinski definition) is 6. The summed E-state index contributed by atoms with van der Waals surface area (Å²) in [5.74, 6) is 0.590. The molecule has 4 rings (SSSR count). The lowest BCUT2D eigenvalue weighted by Crippen LogP contribution is -2.55. The average Bonchev–Trinajstić information content (AvgIpc) is 2.82. The van der Waals surface area contributed by atoms with Gasteiger partial charge in [0.15, 0.2) is 11.6 Å². The first-order chi connectivity index (χ1) is 16.0. The van der Waals surface area contributed by atoms with Crippen LogP contribution in [0, 0.1) is 12.7 Å². The zero-order valence-electron chi connectivity index (χ0n) is 18.8. The van der Waals surface area contributed by atoms with Crippen molar-refractivity contribution in [2.45, 2.75) is 26.5 Å². The van der Waals surface area contributed by atoms with Crippen LogP contribution in [0.25, 0.3) is 0 Å². The van der Waals surface area contributed by atoms with Crippen LogP contribution in [0.15, 0.2) is 60.9 Å². The van der Waals surface area contributed by atoms with Gasteiger partial charge in [-0.05, 0) is 37.1 Å². The van der Waals surface area contributed by atoms with Gasteiger partial charge >= 0.3 is 0 Å². The summed E-state index contributed by atoms with van der Waals surface area (Å²) in [6.07, 6.45) is 1.40. The quantitative estimate of drug-likeness (QED) is 0.543. The number of hydrogen-bond donors (Lipinski definition) is 0. The highest BCUT2D eigenvalue weighted by Gasteiger charge is 2.28. The SMILES string of the molecule is Cc1ccc(F)c(Oc2cc(N3CCN(C(=O)COCc4ccccc4)[C@@H](C)C3)ncn2)c1. The maximum absolute atomic E-state index is 14.0. The van der Waals surface area contributed by atoms with Gasteiger partial charge < -0.3 is 19.3 Å². The standard InChI is InChI=1S/C25H27FN4O3/c1-18-8-9-21(26)22(12-18)33-24-13-23(27-17-28-24)29-10-11-30(19(2)14-29)25(31)16-32-15-20-6-4-3-5-7-20/h3-9,12-13,17,19H,10-11,14-16H2,1-2H3/t19-/m0/s1. The number of aryl methyl sites for hydroxylation is 1. The highest BCUT2D eigenvalue weighted by molar-refractivity contribution is 5.78. The molecule has 0 saturated carbocycles. The highest BCUT2D eigenvalue weighted by Crippen LogP contribution is 2.26. The Labute approximate surface area is 192 Å². The van der Waals surface area contributed by atoms with Crippen LogP contribution in [-0.2, 0) is 16.1 Å². The molecule has 1 amide bonds. The maximum Gasteiger partial charge on any atom is 0.248 e. The normalized spacial score (nSPS) is 16.0. The van der Waals surface area contributed by atoms with Crippen LogP contribution >= 0.6 is 0 Å². The molecule has 3 aromatic rings. The van der Waals surface area contributed by atoms with Crippen LogP contribution in [0.2, 0.25) is 0 Å². The van der Waals surface area contributed by atoms with E-state index in [1.165, 1.54) is 12.4 Å². The van der Waals surface area contributed by atoms with Crippen molar-refractivity contribution in [3.63, 3.8) is 0 Å². The monoisotopic (exact) mass is 450 g/mol. The molecule has 1 saturated heterocycles. The van der Waals surface area contributed by atoms with E-state index in [4.69, 9.17) is 9.47 Å². The molecule has 0 N–H and O–H groups in total. The molecule has 1 fully saturated rings.